The zero-order chi connectivity index (χ0) is 47.5. The summed E-state index contributed by atoms with van der Waals surface area (Å²) in [6, 6.07) is -7.46. The maximum atomic E-state index is 14.2. The highest BCUT2D eigenvalue weighted by Crippen LogP contribution is 2.20. The van der Waals surface area contributed by atoms with Crippen LogP contribution in [0.2, 0.25) is 0 Å². The molecular weight excluding hydrogens is 837 g/mol. The van der Waals surface area contributed by atoms with Crippen LogP contribution in [0.3, 0.4) is 0 Å². The van der Waals surface area contributed by atoms with Crippen molar-refractivity contribution in [2.24, 2.45) is 40.3 Å². The lowest BCUT2D eigenvalue weighted by molar-refractivity contribution is -0.142. The van der Waals surface area contributed by atoms with E-state index in [1.807, 2.05) is 6.26 Å². The number of primary amides is 1. The molecule has 7 amide bonds. The van der Waals surface area contributed by atoms with Gasteiger partial charge in [0.15, 0.2) is 11.9 Å². The van der Waals surface area contributed by atoms with Crippen LogP contribution in [-0.2, 0) is 33.6 Å². The SMILES string of the molecule is CSCC[C@H](N)C(=O)N[C@@H](CCCCN)C(=O)N[C@@H](CCCNC(=N)N)C(=O)N[C@@H](CCCCN)C(=O)N[C@@H](CCCNC(=N)N)C(=O)N[C@H](C(=O)N1CCC[C@H]1C(N)=O)C(C)C. The van der Waals surface area contributed by atoms with Crippen molar-refractivity contribution < 1.29 is 33.6 Å². The molecule has 21 N–H and O–H groups in total. The average Bonchev–Trinajstić information content (AvgIpc) is 3.73. The normalized spacial score (nSPS) is 16.4. The molecule has 0 aromatic rings. The van der Waals surface area contributed by atoms with Gasteiger partial charge in [-0.1, -0.05) is 13.8 Å². The molecule has 1 aliphatic rings. The molecule has 63 heavy (non-hydrogen) atoms. The highest BCUT2D eigenvalue weighted by Gasteiger charge is 2.39. The first-order valence-electron chi connectivity index (χ1n) is 21.8. The Bertz CT molecular complexity index is 1510. The third kappa shape index (κ3) is 21.8. The van der Waals surface area contributed by atoms with Gasteiger partial charge in [-0.25, -0.2) is 0 Å². The lowest BCUT2D eigenvalue weighted by atomic mass is 10.0. The molecule has 1 saturated heterocycles. The molecule has 1 aliphatic heterocycles. The molecule has 23 nitrogen and oxygen atoms in total. The average molecular weight is 913 g/mol. The third-order valence-electron chi connectivity index (χ3n) is 10.5. The number of amides is 7. The van der Waals surface area contributed by atoms with E-state index >= 15 is 0 Å². The second-order valence-electron chi connectivity index (χ2n) is 16.0. The Balaban J connectivity index is 3.46. The Kier molecular flexibility index (Phi) is 27.6. The minimum atomic E-state index is -1.23. The van der Waals surface area contributed by atoms with Crippen LogP contribution >= 0.6 is 11.8 Å². The molecule has 24 heteroatoms. The minimum Gasteiger partial charge on any atom is -0.370 e. The van der Waals surface area contributed by atoms with E-state index < -0.39 is 89.6 Å². The monoisotopic (exact) mass is 913 g/mol. The second kappa shape index (κ2) is 31.0. The van der Waals surface area contributed by atoms with Gasteiger partial charge in [0.2, 0.25) is 41.4 Å². The van der Waals surface area contributed by atoms with Gasteiger partial charge in [-0.3, -0.25) is 44.4 Å². The summed E-state index contributed by atoms with van der Waals surface area (Å²) >= 11 is 1.52. The fourth-order valence-corrected chi connectivity index (χ4v) is 7.35. The second-order valence-corrected chi connectivity index (χ2v) is 17.0. The summed E-state index contributed by atoms with van der Waals surface area (Å²) in [4.78, 5) is 96.3. The Morgan fingerprint density at radius 2 is 1.05 bits per heavy atom. The van der Waals surface area contributed by atoms with Crippen LogP contribution in [-0.4, -0.2) is 145 Å². The first-order chi connectivity index (χ1) is 29.9. The van der Waals surface area contributed by atoms with Gasteiger partial charge >= 0.3 is 0 Å². The smallest absolute Gasteiger partial charge is 0.246 e. The van der Waals surface area contributed by atoms with Crippen molar-refractivity contribution in [2.45, 2.75) is 140 Å². The molecule has 1 rings (SSSR count). The highest BCUT2D eigenvalue weighted by atomic mass is 32.2. The fourth-order valence-electron chi connectivity index (χ4n) is 6.86. The number of thioether (sulfide) groups is 1. The van der Waals surface area contributed by atoms with Gasteiger partial charge in [0, 0.05) is 19.6 Å². The van der Waals surface area contributed by atoms with Crippen LogP contribution < -0.4 is 71.6 Å². The van der Waals surface area contributed by atoms with Crippen LogP contribution in [0.5, 0.6) is 0 Å². The predicted octanol–water partition coefficient (Wildman–Crippen LogP) is -3.59. The number of hydrogen-bond donors (Lipinski definition) is 15. The van der Waals surface area contributed by atoms with Crippen molar-refractivity contribution in [2.75, 3.05) is 44.7 Å². The predicted molar refractivity (Wildman–Crippen MR) is 244 cm³/mol. The first kappa shape index (κ1) is 56.1. The van der Waals surface area contributed by atoms with E-state index in [9.17, 15) is 33.6 Å². The number of nitrogens with one attached hydrogen (secondary N) is 9. The van der Waals surface area contributed by atoms with Gasteiger partial charge < -0.3 is 76.5 Å². The van der Waals surface area contributed by atoms with E-state index in [4.69, 9.17) is 45.2 Å². The van der Waals surface area contributed by atoms with Crippen molar-refractivity contribution in [1.29, 1.82) is 10.8 Å². The quantitative estimate of drug-likeness (QED) is 0.0176. The van der Waals surface area contributed by atoms with E-state index in [2.05, 4.69) is 37.2 Å². The molecule has 0 saturated carbocycles. The van der Waals surface area contributed by atoms with Gasteiger partial charge in [-0.05, 0) is 114 Å². The van der Waals surface area contributed by atoms with Crippen molar-refractivity contribution in [3.05, 3.63) is 0 Å². The molecule has 0 radical (unpaired) electrons. The standard InChI is InChI=1S/C39H76N16O7S/c1-23(2)30(37(62)55-21-10-15-29(55)31(43)56)54-36(61)28(14-9-20-49-39(46)47)53-34(59)26(12-5-7-18-41)51-35(60)27(13-8-19-48-38(44)45)52-33(58)25(11-4-6-17-40)50-32(57)24(42)16-22-63-3/h23-30H,4-22,40-42H2,1-3H3,(H2,43,56)(H,50,57)(H,51,60)(H,52,58)(H,53,59)(H,54,61)(H4,44,45,48)(H4,46,47,49)/t24-,25-,26-,27-,28-,29-,30-/m0/s1. The van der Waals surface area contributed by atoms with Gasteiger partial charge in [-0.2, -0.15) is 11.8 Å². The molecule has 0 aromatic heterocycles. The number of unbranched alkanes of at least 4 members (excludes halogenated alkanes) is 2. The fraction of sp³-hybridized carbons (Fsp3) is 0.769. The van der Waals surface area contributed by atoms with Crippen molar-refractivity contribution in [1.82, 2.24) is 42.1 Å². The van der Waals surface area contributed by atoms with E-state index in [0.29, 0.717) is 63.8 Å². The number of guanidine groups is 2. The van der Waals surface area contributed by atoms with Crippen LogP contribution in [0.25, 0.3) is 0 Å². The summed E-state index contributed by atoms with van der Waals surface area (Å²) < 4.78 is 0. The lowest BCUT2D eigenvalue weighted by Crippen LogP contribution is -2.60. The number of carbonyl (C=O) groups excluding carboxylic acids is 7. The number of nitrogens with zero attached hydrogens (tertiary/aromatic N) is 1. The van der Waals surface area contributed by atoms with Gasteiger partial charge in [-0.15, -0.1) is 0 Å². The summed E-state index contributed by atoms with van der Waals surface area (Å²) in [5, 5.41) is 34.0. The lowest BCUT2D eigenvalue weighted by Gasteiger charge is -2.31. The van der Waals surface area contributed by atoms with E-state index in [-0.39, 0.29) is 70.1 Å². The van der Waals surface area contributed by atoms with E-state index in [1.165, 1.54) is 16.7 Å². The summed E-state index contributed by atoms with van der Waals surface area (Å²) in [6.07, 6.45) is 6.12. The van der Waals surface area contributed by atoms with Crippen LogP contribution in [0.4, 0.5) is 0 Å². The zero-order valence-corrected chi connectivity index (χ0v) is 38.0. The van der Waals surface area contributed by atoms with Gasteiger partial charge in [0.1, 0.15) is 36.3 Å². The van der Waals surface area contributed by atoms with Gasteiger partial charge in [0.25, 0.3) is 0 Å². The van der Waals surface area contributed by atoms with E-state index in [1.54, 1.807) is 13.8 Å². The van der Waals surface area contributed by atoms with Crippen LogP contribution in [0, 0.1) is 16.7 Å². The largest absolute Gasteiger partial charge is 0.370 e. The van der Waals surface area contributed by atoms with Crippen molar-refractivity contribution in [3.8, 4) is 0 Å². The number of hydrogen-bond acceptors (Lipinski definition) is 13. The molecule has 360 valence electrons. The first-order valence-corrected chi connectivity index (χ1v) is 23.2. The summed E-state index contributed by atoms with van der Waals surface area (Å²) in [5.41, 5.74) is 34.0. The van der Waals surface area contributed by atoms with Gasteiger partial charge in [0.05, 0.1) is 6.04 Å². The molecule has 0 spiro atoms. The number of carbonyl (C=O) groups is 7. The Hall–Kier alpha value is -4.94. The van der Waals surface area contributed by atoms with Crippen molar-refractivity contribution >= 4 is 65.0 Å². The molecular formula is C39H76N16O7S. The molecule has 1 heterocycles. The van der Waals surface area contributed by atoms with Crippen molar-refractivity contribution in [3.63, 3.8) is 0 Å². The summed E-state index contributed by atoms with van der Waals surface area (Å²) in [7, 11) is 0. The minimum absolute atomic E-state index is 0.0357. The Labute approximate surface area is 375 Å². The van der Waals surface area contributed by atoms with Crippen LogP contribution in [0.1, 0.15) is 97.3 Å². The maximum Gasteiger partial charge on any atom is 0.246 e. The third-order valence-corrected chi connectivity index (χ3v) is 11.1. The molecule has 1 fully saturated rings. The number of rotatable bonds is 32. The molecule has 0 aliphatic carbocycles. The summed E-state index contributed by atoms with van der Waals surface area (Å²) in [6.45, 7) is 4.79. The molecule has 0 bridgehead atoms. The Morgan fingerprint density at radius 1 is 0.635 bits per heavy atom. The highest BCUT2D eigenvalue weighted by molar-refractivity contribution is 7.98. The van der Waals surface area contributed by atoms with E-state index in [0.717, 1.165) is 0 Å². The Morgan fingerprint density at radius 3 is 1.43 bits per heavy atom. The topological polar surface area (TPSA) is 411 Å². The molecule has 0 unspecified atom stereocenters. The van der Waals surface area contributed by atoms with Crippen LogP contribution in [0.15, 0.2) is 0 Å². The number of likely N-dealkylation sites (tertiary alicyclic amines) is 1. The maximum absolute atomic E-state index is 14.2. The molecule has 7 atom stereocenters. The molecule has 0 aromatic carbocycles. The zero-order valence-electron chi connectivity index (χ0n) is 37.2. The summed E-state index contributed by atoms with van der Waals surface area (Å²) in [5.74, 6) is -4.82. The number of nitrogens with two attached hydrogens (primary N) is 6.